The zero-order valence-electron chi connectivity index (χ0n) is 12.9. The van der Waals surface area contributed by atoms with Gasteiger partial charge in [0.25, 0.3) is 0 Å². The number of thioether (sulfide) groups is 1. The van der Waals surface area contributed by atoms with Crippen molar-refractivity contribution < 1.29 is 9.21 Å². The van der Waals surface area contributed by atoms with E-state index in [1.165, 1.54) is 22.7 Å². The van der Waals surface area contributed by atoms with Crippen molar-refractivity contribution in [3.8, 4) is 11.6 Å². The molecule has 3 aromatic rings. The Morgan fingerprint density at radius 2 is 2.16 bits per heavy atom. The maximum atomic E-state index is 12.4. The van der Waals surface area contributed by atoms with Gasteiger partial charge in [-0.1, -0.05) is 35.0 Å². The van der Waals surface area contributed by atoms with Crippen LogP contribution in [0, 0.1) is 0 Å². The molecule has 1 aromatic carbocycles. The summed E-state index contributed by atoms with van der Waals surface area (Å²) < 4.78 is 6.53. The van der Waals surface area contributed by atoms with Crippen molar-refractivity contribution >= 4 is 46.6 Å². The molecule has 10 heteroatoms. The second-order valence-corrected chi connectivity index (χ2v) is 7.18. The number of nitrogens with two attached hydrogens (primary N) is 1. The van der Waals surface area contributed by atoms with E-state index in [1.807, 2.05) is 0 Å². The molecule has 0 fully saturated rings. The number of nitrogens with one attached hydrogen (secondary N) is 1. The number of anilines is 1. The maximum Gasteiger partial charge on any atom is 0.237 e. The number of rotatable bonds is 5. The first-order valence-electron chi connectivity index (χ1n) is 7.12. The van der Waals surface area contributed by atoms with Gasteiger partial charge in [-0.05, 0) is 37.3 Å². The Bertz CT molecular complexity index is 897. The van der Waals surface area contributed by atoms with E-state index in [0.717, 1.165) is 0 Å². The number of furan rings is 1. The third-order valence-corrected chi connectivity index (χ3v) is 4.85. The van der Waals surface area contributed by atoms with Crippen molar-refractivity contribution in [2.75, 3.05) is 11.2 Å². The number of carbonyl (C=O) groups excluding carboxylic acids is 1. The molecule has 1 amide bonds. The van der Waals surface area contributed by atoms with Crippen LogP contribution in [0.5, 0.6) is 0 Å². The highest BCUT2D eigenvalue weighted by atomic mass is 35.5. The molecule has 130 valence electrons. The topological polar surface area (TPSA) is 99.0 Å². The van der Waals surface area contributed by atoms with Crippen molar-refractivity contribution in [3.05, 3.63) is 46.6 Å². The van der Waals surface area contributed by atoms with E-state index in [0.29, 0.717) is 32.5 Å². The Morgan fingerprint density at radius 3 is 2.84 bits per heavy atom. The summed E-state index contributed by atoms with van der Waals surface area (Å²) in [6.45, 7) is 1.73. The summed E-state index contributed by atoms with van der Waals surface area (Å²) in [6, 6.07) is 8.29. The van der Waals surface area contributed by atoms with Gasteiger partial charge in [-0.15, -0.1) is 10.2 Å². The number of amides is 1. The second kappa shape index (κ2) is 7.38. The molecule has 0 radical (unpaired) electrons. The zero-order valence-corrected chi connectivity index (χ0v) is 15.3. The number of nitrogens with zero attached hydrogens (tertiary/aromatic N) is 3. The molecule has 0 bridgehead atoms. The normalized spacial score (nSPS) is 12.1. The van der Waals surface area contributed by atoms with Gasteiger partial charge in [-0.2, -0.15) is 0 Å². The molecule has 0 saturated heterocycles. The highest BCUT2D eigenvalue weighted by Gasteiger charge is 2.21. The van der Waals surface area contributed by atoms with E-state index in [2.05, 4.69) is 15.5 Å². The van der Waals surface area contributed by atoms with Crippen LogP contribution in [0.15, 0.2) is 46.2 Å². The van der Waals surface area contributed by atoms with E-state index < -0.39 is 5.25 Å². The average Bonchev–Trinajstić information content (AvgIpc) is 3.20. The van der Waals surface area contributed by atoms with Crippen LogP contribution < -0.4 is 11.2 Å². The number of nitrogen functional groups attached to an aromatic ring is 1. The summed E-state index contributed by atoms with van der Waals surface area (Å²) in [4.78, 5) is 12.4. The Hall–Kier alpha value is -2.16. The Kier molecular flexibility index (Phi) is 5.22. The Morgan fingerprint density at radius 1 is 1.36 bits per heavy atom. The Balaban J connectivity index is 1.69. The number of carbonyl (C=O) groups is 1. The van der Waals surface area contributed by atoms with E-state index in [-0.39, 0.29) is 5.91 Å². The van der Waals surface area contributed by atoms with Gasteiger partial charge < -0.3 is 15.6 Å². The van der Waals surface area contributed by atoms with Gasteiger partial charge in [-0.25, -0.2) is 4.68 Å². The molecule has 7 nitrogen and oxygen atoms in total. The van der Waals surface area contributed by atoms with Gasteiger partial charge in [0.05, 0.1) is 22.2 Å². The number of halogens is 2. The van der Waals surface area contributed by atoms with Crippen molar-refractivity contribution in [2.24, 2.45) is 0 Å². The highest BCUT2D eigenvalue weighted by molar-refractivity contribution is 8.00. The molecule has 3 rings (SSSR count). The van der Waals surface area contributed by atoms with Gasteiger partial charge in [0.15, 0.2) is 5.76 Å². The minimum Gasteiger partial charge on any atom is -0.461 e. The van der Waals surface area contributed by atoms with E-state index >= 15 is 0 Å². The van der Waals surface area contributed by atoms with E-state index in [1.54, 1.807) is 37.3 Å². The number of hydrogen-bond donors (Lipinski definition) is 2. The average molecular weight is 398 g/mol. The summed E-state index contributed by atoms with van der Waals surface area (Å²) in [7, 11) is 0. The molecule has 3 N–H and O–H groups in total. The fraction of sp³-hybridized carbons (Fsp3) is 0.133. The molecule has 1 atom stereocenters. The quantitative estimate of drug-likeness (QED) is 0.503. The molecule has 0 aliphatic carbocycles. The first kappa shape index (κ1) is 17.7. The summed E-state index contributed by atoms with van der Waals surface area (Å²) in [5.74, 6) is 6.59. The van der Waals surface area contributed by atoms with Crippen LogP contribution >= 0.6 is 35.0 Å². The predicted molar refractivity (Wildman–Crippen MR) is 98.3 cm³/mol. The summed E-state index contributed by atoms with van der Waals surface area (Å²) in [5, 5.41) is 11.5. The number of hydrogen-bond acceptors (Lipinski definition) is 6. The lowest BCUT2D eigenvalue weighted by molar-refractivity contribution is -0.115. The monoisotopic (exact) mass is 397 g/mol. The minimum atomic E-state index is -0.484. The predicted octanol–water partition coefficient (Wildman–Crippen LogP) is 3.68. The largest absolute Gasteiger partial charge is 0.461 e. The molecule has 25 heavy (non-hydrogen) atoms. The molecular weight excluding hydrogens is 385 g/mol. The molecule has 0 aliphatic rings. The molecule has 2 heterocycles. The van der Waals surface area contributed by atoms with Crippen LogP contribution in [0.3, 0.4) is 0 Å². The Labute approximate surface area is 157 Å². The van der Waals surface area contributed by atoms with Gasteiger partial charge in [0.2, 0.25) is 16.9 Å². The fourth-order valence-electron chi connectivity index (χ4n) is 1.97. The summed E-state index contributed by atoms with van der Waals surface area (Å²) >= 11 is 13.1. The third-order valence-electron chi connectivity index (χ3n) is 3.25. The molecule has 1 unspecified atom stereocenters. The second-order valence-electron chi connectivity index (χ2n) is 5.03. The standard InChI is InChI=1S/C15H13Cl2N5O2S/c1-8(14(23)19-11-5-4-9(16)7-10(11)17)25-15-21-20-13(22(15)18)12-3-2-6-24-12/h2-8H,18H2,1H3,(H,19,23). The van der Waals surface area contributed by atoms with E-state index in [9.17, 15) is 4.79 Å². The van der Waals surface area contributed by atoms with Crippen LogP contribution in [-0.4, -0.2) is 26.0 Å². The smallest absolute Gasteiger partial charge is 0.237 e. The van der Waals surface area contributed by atoms with Gasteiger partial charge >= 0.3 is 0 Å². The minimum absolute atomic E-state index is 0.253. The maximum absolute atomic E-state index is 12.4. The van der Waals surface area contributed by atoms with Crippen LogP contribution in [0.4, 0.5) is 5.69 Å². The van der Waals surface area contributed by atoms with Crippen LogP contribution in [0.25, 0.3) is 11.6 Å². The molecule has 2 aromatic heterocycles. The van der Waals surface area contributed by atoms with Crippen molar-refractivity contribution in [1.29, 1.82) is 0 Å². The lowest BCUT2D eigenvalue weighted by Gasteiger charge is -2.12. The highest BCUT2D eigenvalue weighted by Crippen LogP contribution is 2.28. The third kappa shape index (κ3) is 3.92. The summed E-state index contributed by atoms with van der Waals surface area (Å²) in [5.41, 5.74) is 0.481. The van der Waals surface area contributed by atoms with Crippen LogP contribution in [-0.2, 0) is 4.79 Å². The van der Waals surface area contributed by atoms with Crippen molar-refractivity contribution in [3.63, 3.8) is 0 Å². The van der Waals surface area contributed by atoms with Gasteiger partial charge in [-0.3, -0.25) is 4.79 Å². The van der Waals surface area contributed by atoms with Crippen molar-refractivity contribution in [2.45, 2.75) is 17.3 Å². The number of aromatic nitrogens is 3. The molecular formula is C15H13Cl2N5O2S. The summed E-state index contributed by atoms with van der Waals surface area (Å²) in [6.07, 6.45) is 1.52. The lowest BCUT2D eigenvalue weighted by Crippen LogP contribution is -2.23. The van der Waals surface area contributed by atoms with Crippen LogP contribution in [0.1, 0.15) is 6.92 Å². The van der Waals surface area contributed by atoms with Gasteiger partial charge in [0, 0.05) is 5.02 Å². The first-order valence-corrected chi connectivity index (χ1v) is 8.76. The molecule has 0 aliphatic heterocycles. The van der Waals surface area contributed by atoms with Crippen molar-refractivity contribution in [1.82, 2.24) is 14.9 Å². The molecule has 0 spiro atoms. The lowest BCUT2D eigenvalue weighted by atomic mass is 10.3. The first-order chi connectivity index (χ1) is 12.0. The molecule has 0 saturated carbocycles. The van der Waals surface area contributed by atoms with Crippen LogP contribution in [0.2, 0.25) is 10.0 Å². The zero-order chi connectivity index (χ0) is 18.0. The SMILES string of the molecule is CC(Sc1nnc(-c2ccco2)n1N)C(=O)Nc1ccc(Cl)cc1Cl. The fourth-order valence-corrected chi connectivity index (χ4v) is 3.19. The van der Waals surface area contributed by atoms with Gasteiger partial charge in [0.1, 0.15) is 0 Å². The number of benzene rings is 1. The van der Waals surface area contributed by atoms with E-state index in [4.69, 9.17) is 33.5 Å².